The monoisotopic (exact) mass is 425 g/mol. The van der Waals surface area contributed by atoms with Gasteiger partial charge in [-0.1, -0.05) is 25.0 Å². The second-order valence-corrected chi connectivity index (χ2v) is 9.27. The van der Waals surface area contributed by atoms with Crippen LogP contribution in [0.5, 0.6) is 5.75 Å². The Labute approximate surface area is 173 Å². The van der Waals surface area contributed by atoms with Gasteiger partial charge in [0.15, 0.2) is 8.30 Å². The summed E-state index contributed by atoms with van der Waals surface area (Å²) < 4.78 is 21.2. The minimum Gasteiger partial charge on any atom is -0.506 e. The summed E-state index contributed by atoms with van der Waals surface area (Å²) in [6.45, 7) is 0.516. The second-order valence-electron chi connectivity index (χ2n) is 7.61. The number of hydrogen-bond donors (Lipinski definition) is 2. The summed E-state index contributed by atoms with van der Waals surface area (Å²) in [5, 5.41) is 15.4. The predicted octanol–water partition coefficient (Wildman–Crippen LogP) is 3.91. The number of aromatic hydroxyl groups is 1. The van der Waals surface area contributed by atoms with Crippen molar-refractivity contribution in [1.29, 1.82) is 0 Å². The van der Waals surface area contributed by atoms with E-state index in [1.165, 1.54) is 25.0 Å². The summed E-state index contributed by atoms with van der Waals surface area (Å²) in [4.78, 5) is 18.1. The molecule has 5 rings (SSSR count). The Morgan fingerprint density at radius 1 is 1.30 bits per heavy atom. The number of amidine groups is 1. The first-order chi connectivity index (χ1) is 14.6. The molecule has 0 bridgehead atoms. The van der Waals surface area contributed by atoms with Crippen molar-refractivity contribution >= 4 is 36.0 Å². The molecule has 6 nitrogen and oxygen atoms in total. The van der Waals surface area contributed by atoms with Crippen molar-refractivity contribution in [3.63, 3.8) is 0 Å². The molecule has 2 aromatic carbocycles. The third-order valence-electron chi connectivity index (χ3n) is 5.62. The molecule has 1 unspecified atom stereocenters. The lowest BCUT2D eigenvalue weighted by molar-refractivity contribution is 0.464. The molecule has 3 aromatic rings. The van der Waals surface area contributed by atoms with Gasteiger partial charge in [0.1, 0.15) is 23.0 Å². The lowest BCUT2D eigenvalue weighted by atomic mass is 10.1. The maximum Gasteiger partial charge on any atom is 0.265 e. The number of nitrogens with zero attached hydrogens (tertiary/aromatic N) is 2. The van der Waals surface area contributed by atoms with Gasteiger partial charge in [0.05, 0.1) is 11.2 Å². The molecule has 154 valence electrons. The summed E-state index contributed by atoms with van der Waals surface area (Å²) in [6, 6.07) is 11.6. The fraction of sp³-hybridized carbons (Fsp3) is 0.273. The van der Waals surface area contributed by atoms with E-state index in [9.17, 15) is 14.3 Å². The Kier molecular flexibility index (Phi) is 4.80. The minimum absolute atomic E-state index is 0.0444. The number of benzene rings is 2. The number of para-hydroxylation sites is 1. The summed E-state index contributed by atoms with van der Waals surface area (Å²) in [7, 11) is 0.331. The molecule has 1 aliphatic carbocycles. The summed E-state index contributed by atoms with van der Waals surface area (Å²) >= 11 is 0. The zero-order chi connectivity index (χ0) is 20.8. The normalized spacial score (nSPS) is 18.1. The second kappa shape index (κ2) is 7.49. The van der Waals surface area contributed by atoms with E-state index in [0.29, 0.717) is 29.1 Å². The van der Waals surface area contributed by atoms with Crippen LogP contribution in [0, 0.1) is 11.7 Å². The summed E-state index contributed by atoms with van der Waals surface area (Å²) in [6.07, 6.45) is 3.23. The van der Waals surface area contributed by atoms with Crippen LogP contribution in [-0.2, 0) is 11.1 Å². The van der Waals surface area contributed by atoms with Gasteiger partial charge < -0.3 is 19.3 Å². The van der Waals surface area contributed by atoms with Gasteiger partial charge >= 0.3 is 0 Å². The third kappa shape index (κ3) is 3.28. The van der Waals surface area contributed by atoms with Crippen molar-refractivity contribution in [3.8, 4) is 5.75 Å². The molecule has 30 heavy (non-hydrogen) atoms. The first-order valence-electron chi connectivity index (χ1n) is 9.91. The van der Waals surface area contributed by atoms with Gasteiger partial charge in [0.2, 0.25) is 0 Å². The number of aromatic nitrogens is 1. The highest BCUT2D eigenvalue weighted by Crippen LogP contribution is 2.39. The largest absolute Gasteiger partial charge is 0.506 e. The zero-order valence-corrected chi connectivity index (χ0v) is 17.3. The Balaban J connectivity index is 1.72. The van der Waals surface area contributed by atoms with E-state index in [1.807, 2.05) is 24.3 Å². The Morgan fingerprint density at radius 3 is 2.87 bits per heavy atom. The first-order valence-corrected chi connectivity index (χ1v) is 11.2. The van der Waals surface area contributed by atoms with Crippen LogP contribution in [0.25, 0.3) is 10.9 Å². The molecule has 0 saturated heterocycles. The summed E-state index contributed by atoms with van der Waals surface area (Å²) in [5.74, 6) is 0.131. The third-order valence-corrected chi connectivity index (χ3v) is 7.21. The number of hydrogen-bond acceptors (Lipinski definition) is 5. The molecule has 1 fully saturated rings. The molecular formula is C22H21FN3O3P. The Morgan fingerprint density at radius 2 is 2.10 bits per heavy atom. The van der Waals surface area contributed by atoms with Crippen molar-refractivity contribution in [2.45, 2.75) is 25.8 Å². The molecule has 0 radical (unpaired) electrons. The molecule has 0 amide bonds. The lowest BCUT2D eigenvalue weighted by Crippen LogP contribution is -2.35. The molecule has 8 heteroatoms. The minimum atomic E-state index is -1.25. The number of pyridine rings is 1. The molecule has 2 aliphatic rings. The van der Waals surface area contributed by atoms with Crippen LogP contribution in [-0.4, -0.2) is 22.6 Å². The maximum absolute atomic E-state index is 14.0. The van der Waals surface area contributed by atoms with E-state index < -0.39 is 14.1 Å². The van der Waals surface area contributed by atoms with Gasteiger partial charge in [-0.25, -0.2) is 9.38 Å². The number of fused-ring (bicyclic) bond motifs is 2. The maximum atomic E-state index is 14.0. The lowest BCUT2D eigenvalue weighted by Gasteiger charge is -2.25. The predicted molar refractivity (Wildman–Crippen MR) is 117 cm³/mol. The van der Waals surface area contributed by atoms with Crippen LogP contribution in [0.3, 0.4) is 0 Å². The molecule has 1 aliphatic heterocycles. The van der Waals surface area contributed by atoms with Gasteiger partial charge in [0, 0.05) is 24.3 Å². The van der Waals surface area contributed by atoms with Gasteiger partial charge in [-0.2, -0.15) is 0 Å². The van der Waals surface area contributed by atoms with Gasteiger partial charge in [-0.3, -0.25) is 4.79 Å². The van der Waals surface area contributed by atoms with E-state index in [1.54, 1.807) is 17.7 Å². The first kappa shape index (κ1) is 19.2. The van der Waals surface area contributed by atoms with Crippen LogP contribution < -0.4 is 16.0 Å². The Bertz CT molecular complexity index is 1240. The fourth-order valence-electron chi connectivity index (χ4n) is 3.86. The van der Waals surface area contributed by atoms with Crippen molar-refractivity contribution in [3.05, 3.63) is 64.2 Å². The van der Waals surface area contributed by atoms with E-state index in [0.717, 1.165) is 11.7 Å². The highest BCUT2D eigenvalue weighted by atomic mass is 31.2. The van der Waals surface area contributed by atoms with E-state index in [2.05, 4.69) is 10.1 Å². The number of nitrogens with one attached hydrogen (secondary N) is 1. The standard InChI is InChI=1S/C22H21FN3O3P/c1-29-30-18-5-3-2-4-16(18)24-21(25-30)19-20(27)15-12-14(23)8-9-17(15)26(22(19)28)11-10-13-6-7-13/h2-5,8-9,12-13,27H,6-7,10-11H2,1H3,(H,24,25). The molecule has 0 spiro atoms. The zero-order valence-electron chi connectivity index (χ0n) is 16.4. The van der Waals surface area contributed by atoms with Crippen LogP contribution >= 0.6 is 8.30 Å². The van der Waals surface area contributed by atoms with Crippen LogP contribution in [0.4, 0.5) is 10.1 Å². The Hall–Kier alpha value is -2.76. The van der Waals surface area contributed by atoms with Crippen molar-refractivity contribution in [2.24, 2.45) is 10.9 Å². The molecule has 1 atom stereocenters. The number of aliphatic imine (C=N–C) groups is 1. The number of halogens is 1. The highest BCUT2D eigenvalue weighted by molar-refractivity contribution is 7.60. The fourth-order valence-corrected chi connectivity index (χ4v) is 5.17. The van der Waals surface area contributed by atoms with Crippen molar-refractivity contribution in [2.75, 3.05) is 7.11 Å². The number of aryl methyl sites for hydroxylation is 1. The van der Waals surface area contributed by atoms with Gasteiger partial charge in [-0.15, -0.1) is 0 Å². The van der Waals surface area contributed by atoms with Gasteiger partial charge in [-0.05, 0) is 42.7 Å². The quantitative estimate of drug-likeness (QED) is 0.608. The molecule has 2 heterocycles. The molecular weight excluding hydrogens is 404 g/mol. The van der Waals surface area contributed by atoms with E-state index >= 15 is 0 Å². The van der Waals surface area contributed by atoms with Gasteiger partial charge in [0.25, 0.3) is 5.56 Å². The van der Waals surface area contributed by atoms with Crippen molar-refractivity contribution < 1.29 is 14.0 Å². The SMILES string of the molecule is COP1NC(c2c(O)c3cc(F)ccc3n(CCC3CC3)c2=O)=Nc2ccccc21. The van der Waals surface area contributed by atoms with Crippen LogP contribution in [0.15, 0.2) is 52.3 Å². The summed E-state index contributed by atoms with van der Waals surface area (Å²) in [5.41, 5.74) is 0.905. The van der Waals surface area contributed by atoms with Crippen LogP contribution in [0.1, 0.15) is 24.8 Å². The molecule has 1 aromatic heterocycles. The molecule has 2 N–H and O–H groups in total. The highest BCUT2D eigenvalue weighted by Gasteiger charge is 2.29. The smallest absolute Gasteiger partial charge is 0.265 e. The van der Waals surface area contributed by atoms with E-state index in [-0.39, 0.29) is 22.7 Å². The van der Waals surface area contributed by atoms with Crippen molar-refractivity contribution in [1.82, 2.24) is 9.65 Å². The average molecular weight is 425 g/mol. The molecule has 1 saturated carbocycles. The number of rotatable bonds is 5. The average Bonchev–Trinajstić information content (AvgIpc) is 3.58. The van der Waals surface area contributed by atoms with E-state index in [4.69, 9.17) is 4.52 Å². The topological polar surface area (TPSA) is 75.8 Å². The van der Waals surface area contributed by atoms with Crippen LogP contribution in [0.2, 0.25) is 0 Å².